The Balaban J connectivity index is 1.87. The number of ether oxygens (including phenoxy) is 1. The number of rotatable bonds is 7. The van der Waals surface area contributed by atoms with Gasteiger partial charge in [0.15, 0.2) is 11.5 Å². The lowest BCUT2D eigenvalue weighted by Crippen LogP contribution is -2.31. The van der Waals surface area contributed by atoms with Crippen molar-refractivity contribution in [3.63, 3.8) is 0 Å². The molecule has 0 saturated carbocycles. The first-order valence-corrected chi connectivity index (χ1v) is 8.78. The van der Waals surface area contributed by atoms with Gasteiger partial charge in [-0.1, -0.05) is 12.1 Å². The SMILES string of the molecule is COCCCN1C(=O)c2n[nH]c(-c3ccco3)c2C1c1ccccc1[N+](=O)[O-]. The van der Waals surface area contributed by atoms with Gasteiger partial charge < -0.3 is 14.1 Å². The van der Waals surface area contributed by atoms with Crippen LogP contribution in [0.2, 0.25) is 0 Å². The number of para-hydroxylation sites is 1. The number of fused-ring (bicyclic) bond motifs is 1. The van der Waals surface area contributed by atoms with E-state index in [1.165, 1.54) is 12.3 Å². The molecule has 0 radical (unpaired) electrons. The lowest BCUT2D eigenvalue weighted by molar-refractivity contribution is -0.385. The summed E-state index contributed by atoms with van der Waals surface area (Å²) in [6, 6.07) is 9.30. The molecule has 3 aromatic rings. The lowest BCUT2D eigenvalue weighted by atomic mass is 9.96. The molecule has 1 aliphatic heterocycles. The number of H-pyrrole nitrogens is 1. The summed E-state index contributed by atoms with van der Waals surface area (Å²) in [6.07, 6.45) is 2.12. The van der Waals surface area contributed by atoms with Crippen LogP contribution in [-0.2, 0) is 4.74 Å². The summed E-state index contributed by atoms with van der Waals surface area (Å²) in [7, 11) is 1.59. The number of methoxy groups -OCH3 is 1. The molecule has 28 heavy (non-hydrogen) atoms. The molecular formula is C19H18N4O5. The van der Waals surface area contributed by atoms with E-state index in [2.05, 4.69) is 10.2 Å². The number of furan rings is 1. The molecule has 3 heterocycles. The molecule has 9 heteroatoms. The van der Waals surface area contributed by atoms with Gasteiger partial charge in [0, 0.05) is 31.9 Å². The normalized spacial score (nSPS) is 15.8. The zero-order valence-electron chi connectivity index (χ0n) is 15.1. The summed E-state index contributed by atoms with van der Waals surface area (Å²) in [5, 5.41) is 18.7. The molecule has 1 aromatic carbocycles. The minimum Gasteiger partial charge on any atom is -0.463 e. The van der Waals surface area contributed by atoms with Crippen molar-refractivity contribution in [1.82, 2.24) is 15.1 Å². The fraction of sp³-hybridized carbons (Fsp3) is 0.263. The second-order valence-electron chi connectivity index (χ2n) is 6.40. The summed E-state index contributed by atoms with van der Waals surface area (Å²) in [4.78, 5) is 25.8. The number of carbonyl (C=O) groups is 1. The fourth-order valence-corrected chi connectivity index (χ4v) is 3.62. The van der Waals surface area contributed by atoms with Crippen LogP contribution in [0.5, 0.6) is 0 Å². The van der Waals surface area contributed by atoms with E-state index in [9.17, 15) is 14.9 Å². The maximum Gasteiger partial charge on any atom is 0.275 e. The molecule has 0 spiro atoms. The lowest BCUT2D eigenvalue weighted by Gasteiger charge is -2.26. The second-order valence-corrected chi connectivity index (χ2v) is 6.40. The third kappa shape index (κ3) is 2.85. The van der Waals surface area contributed by atoms with Gasteiger partial charge >= 0.3 is 0 Å². The highest BCUT2D eigenvalue weighted by molar-refractivity contribution is 6.00. The quantitative estimate of drug-likeness (QED) is 0.381. The maximum absolute atomic E-state index is 13.0. The molecule has 0 saturated heterocycles. The first-order chi connectivity index (χ1) is 13.6. The largest absolute Gasteiger partial charge is 0.463 e. The first-order valence-electron chi connectivity index (χ1n) is 8.78. The van der Waals surface area contributed by atoms with Crippen LogP contribution in [0.25, 0.3) is 11.5 Å². The number of nitro benzene ring substituents is 1. The van der Waals surface area contributed by atoms with Crippen molar-refractivity contribution in [2.45, 2.75) is 12.5 Å². The van der Waals surface area contributed by atoms with Gasteiger partial charge in [-0.05, 0) is 24.6 Å². The van der Waals surface area contributed by atoms with Gasteiger partial charge in [-0.15, -0.1) is 0 Å². The maximum atomic E-state index is 13.0. The molecule has 1 aliphatic rings. The molecule has 4 rings (SSSR count). The van der Waals surface area contributed by atoms with E-state index in [0.717, 1.165) is 0 Å². The predicted molar refractivity (Wildman–Crippen MR) is 98.8 cm³/mol. The Morgan fingerprint density at radius 2 is 2.14 bits per heavy atom. The van der Waals surface area contributed by atoms with E-state index < -0.39 is 11.0 Å². The van der Waals surface area contributed by atoms with Crippen LogP contribution in [0.1, 0.15) is 34.1 Å². The number of benzene rings is 1. The fourth-order valence-electron chi connectivity index (χ4n) is 3.62. The minimum atomic E-state index is -0.639. The molecule has 1 amide bonds. The van der Waals surface area contributed by atoms with Crippen molar-refractivity contribution in [3.05, 3.63) is 69.6 Å². The van der Waals surface area contributed by atoms with E-state index in [4.69, 9.17) is 9.15 Å². The topological polar surface area (TPSA) is 114 Å². The Morgan fingerprint density at radius 3 is 2.86 bits per heavy atom. The number of hydrogen-bond donors (Lipinski definition) is 1. The van der Waals surface area contributed by atoms with Crippen LogP contribution >= 0.6 is 0 Å². The molecule has 1 N–H and O–H groups in total. The van der Waals surface area contributed by atoms with Gasteiger partial charge in [-0.2, -0.15) is 5.10 Å². The van der Waals surface area contributed by atoms with Crippen molar-refractivity contribution < 1.29 is 18.9 Å². The molecule has 144 valence electrons. The highest BCUT2D eigenvalue weighted by atomic mass is 16.6. The van der Waals surface area contributed by atoms with E-state index in [-0.39, 0.29) is 17.3 Å². The molecule has 1 atom stereocenters. The van der Waals surface area contributed by atoms with Gasteiger partial charge in [0.05, 0.1) is 22.8 Å². The van der Waals surface area contributed by atoms with Gasteiger partial charge in [-0.3, -0.25) is 20.0 Å². The van der Waals surface area contributed by atoms with E-state index in [0.29, 0.717) is 42.2 Å². The van der Waals surface area contributed by atoms with Crippen molar-refractivity contribution in [3.8, 4) is 11.5 Å². The predicted octanol–water partition coefficient (Wildman–Crippen LogP) is 3.16. The Labute approximate surface area is 160 Å². The van der Waals surface area contributed by atoms with Crippen LogP contribution in [-0.4, -0.2) is 46.2 Å². The Hall–Kier alpha value is -3.46. The minimum absolute atomic E-state index is 0.0449. The number of nitrogens with one attached hydrogen (secondary N) is 1. The number of amides is 1. The van der Waals surface area contributed by atoms with Crippen molar-refractivity contribution in [2.75, 3.05) is 20.3 Å². The Bertz CT molecular complexity index is 1010. The molecule has 0 fully saturated rings. The van der Waals surface area contributed by atoms with Gasteiger partial charge in [-0.25, -0.2) is 0 Å². The van der Waals surface area contributed by atoms with Gasteiger partial charge in [0.25, 0.3) is 11.6 Å². The average molecular weight is 382 g/mol. The number of aromatic amines is 1. The van der Waals surface area contributed by atoms with Crippen molar-refractivity contribution in [1.29, 1.82) is 0 Å². The Morgan fingerprint density at radius 1 is 1.32 bits per heavy atom. The molecule has 1 unspecified atom stereocenters. The average Bonchev–Trinajstić information content (AvgIpc) is 3.41. The van der Waals surface area contributed by atoms with Crippen LogP contribution in [0, 0.1) is 10.1 Å². The molecule has 2 aromatic heterocycles. The summed E-state index contributed by atoms with van der Waals surface area (Å²) < 4.78 is 10.6. The number of carbonyl (C=O) groups excluding carboxylic acids is 1. The number of nitro groups is 1. The number of aromatic nitrogens is 2. The number of hydrogen-bond acceptors (Lipinski definition) is 6. The summed E-state index contributed by atoms with van der Waals surface area (Å²) in [5.74, 6) is 0.243. The second kappa shape index (κ2) is 7.28. The zero-order chi connectivity index (χ0) is 19.7. The third-order valence-electron chi connectivity index (χ3n) is 4.80. The Kier molecular flexibility index (Phi) is 4.66. The number of nitrogens with zero attached hydrogens (tertiary/aromatic N) is 3. The van der Waals surface area contributed by atoms with E-state index in [1.807, 2.05) is 0 Å². The standard InChI is InChI=1S/C19H18N4O5/c1-27-10-5-9-22-18(12-6-2-3-7-13(12)23(25)26)15-16(14-8-4-11-28-14)20-21-17(15)19(22)24/h2-4,6-8,11,18H,5,9-10H2,1H3,(H,20,21). The highest BCUT2D eigenvalue weighted by Gasteiger charge is 2.44. The molecule has 0 aliphatic carbocycles. The van der Waals surface area contributed by atoms with Crippen molar-refractivity contribution >= 4 is 11.6 Å². The third-order valence-corrected chi connectivity index (χ3v) is 4.80. The van der Waals surface area contributed by atoms with Gasteiger partial charge in [0.1, 0.15) is 5.69 Å². The van der Waals surface area contributed by atoms with Crippen LogP contribution in [0.3, 0.4) is 0 Å². The van der Waals surface area contributed by atoms with Gasteiger partial charge in [0.2, 0.25) is 0 Å². The summed E-state index contributed by atoms with van der Waals surface area (Å²) in [5.41, 5.74) is 1.78. The van der Waals surface area contributed by atoms with Crippen LogP contribution in [0.15, 0.2) is 47.1 Å². The monoisotopic (exact) mass is 382 g/mol. The molecule has 9 nitrogen and oxygen atoms in total. The summed E-state index contributed by atoms with van der Waals surface area (Å²) in [6.45, 7) is 0.861. The molecule has 0 bridgehead atoms. The van der Waals surface area contributed by atoms with Crippen LogP contribution < -0.4 is 0 Å². The van der Waals surface area contributed by atoms with E-state index >= 15 is 0 Å². The molecular weight excluding hydrogens is 364 g/mol. The smallest absolute Gasteiger partial charge is 0.275 e. The zero-order valence-corrected chi connectivity index (χ0v) is 15.1. The highest BCUT2D eigenvalue weighted by Crippen LogP contribution is 2.45. The first kappa shape index (κ1) is 17.9. The van der Waals surface area contributed by atoms with Crippen LogP contribution in [0.4, 0.5) is 5.69 Å². The van der Waals surface area contributed by atoms with Crippen molar-refractivity contribution in [2.24, 2.45) is 0 Å². The summed E-state index contributed by atoms with van der Waals surface area (Å²) >= 11 is 0. The van der Waals surface area contributed by atoms with E-state index in [1.54, 1.807) is 42.3 Å².